The van der Waals surface area contributed by atoms with Gasteiger partial charge in [0.25, 0.3) is 0 Å². The van der Waals surface area contributed by atoms with Crippen LogP contribution in [0.4, 0.5) is 0 Å². The van der Waals surface area contributed by atoms with Crippen molar-refractivity contribution in [2.45, 2.75) is 67.9 Å². The summed E-state index contributed by atoms with van der Waals surface area (Å²) in [6.07, 6.45) is 1.87. The minimum Gasteiger partial charge on any atom is -0.460 e. The van der Waals surface area contributed by atoms with Crippen LogP contribution in [0, 0.1) is 16.2 Å². The first kappa shape index (κ1) is 18.7. The quantitative estimate of drug-likeness (QED) is 0.639. The highest BCUT2D eigenvalue weighted by Gasteiger charge is 2.48. The number of hydrogen-bond donors (Lipinski definition) is 0. The van der Waals surface area contributed by atoms with E-state index in [4.69, 9.17) is 4.74 Å². The van der Waals surface area contributed by atoms with Crippen LogP contribution in [-0.2, 0) is 16.1 Å². The van der Waals surface area contributed by atoms with E-state index in [1.165, 1.54) is 0 Å². The van der Waals surface area contributed by atoms with Gasteiger partial charge < -0.3 is 4.74 Å². The van der Waals surface area contributed by atoms with Crippen molar-refractivity contribution < 1.29 is 9.53 Å². The summed E-state index contributed by atoms with van der Waals surface area (Å²) in [7, 11) is 0. The molecule has 0 saturated carbocycles. The summed E-state index contributed by atoms with van der Waals surface area (Å²) in [5.41, 5.74) is 0.504. The molecule has 0 saturated heterocycles. The Morgan fingerprint density at radius 2 is 1.55 bits per heavy atom. The average molecular weight is 304 g/mol. The molecule has 1 unspecified atom stereocenters. The Morgan fingerprint density at radius 1 is 1.00 bits per heavy atom. The highest BCUT2D eigenvalue weighted by molar-refractivity contribution is 5.77. The number of esters is 1. The van der Waals surface area contributed by atoms with Crippen molar-refractivity contribution in [3.63, 3.8) is 0 Å². The Hall–Kier alpha value is -1.31. The zero-order chi connectivity index (χ0) is 17.0. The van der Waals surface area contributed by atoms with Gasteiger partial charge in [-0.15, -0.1) is 0 Å². The molecule has 0 N–H and O–H groups in total. The van der Waals surface area contributed by atoms with E-state index in [0.717, 1.165) is 18.4 Å². The normalized spacial score (nSPS) is 15.2. The highest BCUT2D eigenvalue weighted by Crippen LogP contribution is 2.48. The van der Waals surface area contributed by atoms with Crippen molar-refractivity contribution in [3.05, 3.63) is 35.9 Å². The predicted octanol–water partition coefficient (Wildman–Crippen LogP) is 5.61. The van der Waals surface area contributed by atoms with E-state index >= 15 is 0 Å². The van der Waals surface area contributed by atoms with E-state index in [1.54, 1.807) is 0 Å². The third-order valence-corrected chi connectivity index (χ3v) is 5.11. The lowest BCUT2D eigenvalue weighted by Crippen LogP contribution is -2.44. The summed E-state index contributed by atoms with van der Waals surface area (Å²) in [5, 5.41) is 0. The number of benzene rings is 1. The minimum atomic E-state index is -0.499. The Morgan fingerprint density at radius 3 is 2.00 bits per heavy atom. The molecule has 0 radical (unpaired) electrons. The summed E-state index contributed by atoms with van der Waals surface area (Å²) in [4.78, 5) is 12.9. The second-order valence-electron chi connectivity index (χ2n) is 8.34. The van der Waals surface area contributed by atoms with Gasteiger partial charge in [-0.05, 0) is 29.7 Å². The van der Waals surface area contributed by atoms with E-state index in [9.17, 15) is 4.79 Å². The first-order valence-corrected chi connectivity index (χ1v) is 8.23. The molecule has 0 amide bonds. The average Bonchev–Trinajstić information content (AvgIpc) is 2.44. The molecule has 0 heterocycles. The third kappa shape index (κ3) is 4.59. The molecular weight excluding hydrogens is 272 g/mol. The van der Waals surface area contributed by atoms with Crippen LogP contribution in [-0.4, -0.2) is 5.97 Å². The zero-order valence-electron chi connectivity index (χ0n) is 15.3. The van der Waals surface area contributed by atoms with Gasteiger partial charge in [-0.2, -0.15) is 0 Å². The van der Waals surface area contributed by atoms with Gasteiger partial charge in [0, 0.05) is 0 Å². The number of ether oxygens (including phenoxy) is 1. The number of rotatable bonds is 6. The molecule has 22 heavy (non-hydrogen) atoms. The molecule has 1 rings (SSSR count). The maximum absolute atomic E-state index is 12.9. The lowest BCUT2D eigenvalue weighted by Gasteiger charge is -2.44. The van der Waals surface area contributed by atoms with Crippen molar-refractivity contribution in [2.75, 3.05) is 0 Å². The molecule has 2 heteroatoms. The molecule has 0 bridgehead atoms. The second kappa shape index (κ2) is 6.85. The number of carbonyl (C=O) groups excluding carboxylic acids is 1. The van der Waals surface area contributed by atoms with Crippen LogP contribution < -0.4 is 0 Å². The van der Waals surface area contributed by atoms with Gasteiger partial charge in [-0.3, -0.25) is 4.79 Å². The monoisotopic (exact) mass is 304 g/mol. The molecule has 2 nitrogen and oxygen atoms in total. The standard InChI is InChI=1S/C20H32O2/c1-8-19(5,6)15-20(7,18(2,3)4)17(21)22-14-16-12-10-9-11-13-16/h9-13H,8,14-15H2,1-7H3. The molecule has 1 atom stereocenters. The van der Waals surface area contributed by atoms with E-state index in [0.29, 0.717) is 6.61 Å². The molecule has 0 spiro atoms. The van der Waals surface area contributed by atoms with Crippen LogP contribution in [0.5, 0.6) is 0 Å². The van der Waals surface area contributed by atoms with Gasteiger partial charge in [0.1, 0.15) is 6.61 Å². The predicted molar refractivity (Wildman–Crippen MR) is 92.5 cm³/mol. The minimum absolute atomic E-state index is 0.0922. The number of carbonyl (C=O) groups is 1. The van der Waals surface area contributed by atoms with Crippen molar-refractivity contribution in [2.24, 2.45) is 16.2 Å². The van der Waals surface area contributed by atoms with Gasteiger partial charge >= 0.3 is 5.97 Å². The summed E-state index contributed by atoms with van der Waals surface area (Å²) in [6, 6.07) is 9.86. The van der Waals surface area contributed by atoms with Crippen LogP contribution >= 0.6 is 0 Å². The molecule has 1 aromatic carbocycles. The van der Waals surface area contributed by atoms with Crippen molar-refractivity contribution in [3.8, 4) is 0 Å². The third-order valence-electron chi connectivity index (χ3n) is 5.11. The van der Waals surface area contributed by atoms with Crippen LogP contribution in [0.25, 0.3) is 0 Å². The zero-order valence-corrected chi connectivity index (χ0v) is 15.3. The Kier molecular flexibility index (Phi) is 5.83. The number of hydrogen-bond acceptors (Lipinski definition) is 2. The summed E-state index contributed by atoms with van der Waals surface area (Å²) >= 11 is 0. The SMILES string of the molecule is CCC(C)(C)CC(C)(C(=O)OCc1ccccc1)C(C)(C)C. The first-order valence-electron chi connectivity index (χ1n) is 8.23. The lowest BCUT2D eigenvalue weighted by molar-refractivity contribution is -0.166. The largest absolute Gasteiger partial charge is 0.460 e. The summed E-state index contributed by atoms with van der Waals surface area (Å²) < 4.78 is 5.67. The molecule has 0 aliphatic heterocycles. The van der Waals surface area contributed by atoms with Gasteiger partial charge in [0.15, 0.2) is 0 Å². The van der Waals surface area contributed by atoms with E-state index in [1.807, 2.05) is 30.3 Å². The molecule has 1 aromatic rings. The van der Waals surface area contributed by atoms with E-state index < -0.39 is 5.41 Å². The van der Waals surface area contributed by atoms with Gasteiger partial charge in [-0.25, -0.2) is 0 Å². The van der Waals surface area contributed by atoms with Gasteiger partial charge in [-0.1, -0.05) is 78.3 Å². The Bertz CT molecular complexity index is 482. The van der Waals surface area contributed by atoms with Crippen molar-refractivity contribution >= 4 is 5.97 Å². The fourth-order valence-corrected chi connectivity index (χ4v) is 2.61. The lowest BCUT2D eigenvalue weighted by atomic mass is 9.60. The fraction of sp³-hybridized carbons (Fsp3) is 0.650. The smallest absolute Gasteiger partial charge is 0.312 e. The molecule has 124 valence electrons. The summed E-state index contributed by atoms with van der Waals surface area (Å²) in [6.45, 7) is 15.4. The van der Waals surface area contributed by atoms with Crippen LogP contribution in [0.2, 0.25) is 0 Å². The highest BCUT2D eigenvalue weighted by atomic mass is 16.5. The Labute approximate surface area is 136 Å². The molecule has 0 fully saturated rings. The van der Waals surface area contributed by atoms with Crippen LogP contribution in [0.1, 0.15) is 66.9 Å². The first-order chi connectivity index (χ1) is 10.0. The maximum atomic E-state index is 12.9. The van der Waals surface area contributed by atoms with E-state index in [2.05, 4.69) is 48.5 Å². The summed E-state index contributed by atoms with van der Waals surface area (Å²) in [5.74, 6) is -0.0922. The molecule has 0 aliphatic carbocycles. The van der Waals surface area contributed by atoms with Crippen molar-refractivity contribution in [1.82, 2.24) is 0 Å². The molecule has 0 aromatic heterocycles. The Balaban J connectivity index is 2.90. The van der Waals surface area contributed by atoms with Gasteiger partial charge in [0.2, 0.25) is 0 Å². The van der Waals surface area contributed by atoms with Crippen LogP contribution in [0.3, 0.4) is 0 Å². The van der Waals surface area contributed by atoms with Crippen molar-refractivity contribution in [1.29, 1.82) is 0 Å². The molecular formula is C20H32O2. The second-order valence-corrected chi connectivity index (χ2v) is 8.34. The van der Waals surface area contributed by atoms with E-state index in [-0.39, 0.29) is 16.8 Å². The fourth-order valence-electron chi connectivity index (χ4n) is 2.61. The topological polar surface area (TPSA) is 26.3 Å². The maximum Gasteiger partial charge on any atom is 0.312 e. The molecule has 0 aliphatic rings. The van der Waals surface area contributed by atoms with Crippen LogP contribution in [0.15, 0.2) is 30.3 Å². The van der Waals surface area contributed by atoms with Gasteiger partial charge in [0.05, 0.1) is 5.41 Å².